The first kappa shape index (κ1) is 17.6. The summed E-state index contributed by atoms with van der Waals surface area (Å²) in [6.07, 6.45) is -3.71. The standard InChI is InChI=1S/C14H19F4NO2/c1-9(2)21-11-5-4-10(6-12(11)20-3)7-19-8-14(17,18)13(15)16/h4-6,9,13,19H,7-8H2,1-3H3. The Bertz CT molecular complexity index is 453. The summed E-state index contributed by atoms with van der Waals surface area (Å²) < 4.78 is 60.2. The van der Waals surface area contributed by atoms with Crippen molar-refractivity contribution in [3.05, 3.63) is 23.8 Å². The molecule has 0 amide bonds. The summed E-state index contributed by atoms with van der Waals surface area (Å²) in [5, 5.41) is 2.31. The maximum Gasteiger partial charge on any atom is 0.319 e. The lowest BCUT2D eigenvalue weighted by atomic mass is 10.2. The van der Waals surface area contributed by atoms with Gasteiger partial charge in [0, 0.05) is 6.54 Å². The van der Waals surface area contributed by atoms with E-state index >= 15 is 0 Å². The Labute approximate surface area is 121 Å². The maximum absolute atomic E-state index is 12.7. The van der Waals surface area contributed by atoms with E-state index in [0.717, 1.165) is 0 Å². The molecule has 0 fully saturated rings. The number of hydrogen-bond donors (Lipinski definition) is 1. The van der Waals surface area contributed by atoms with Gasteiger partial charge in [-0.3, -0.25) is 0 Å². The highest BCUT2D eigenvalue weighted by Gasteiger charge is 2.39. The van der Waals surface area contributed by atoms with Crippen LogP contribution >= 0.6 is 0 Å². The molecule has 0 saturated carbocycles. The third-order valence-electron chi connectivity index (χ3n) is 2.60. The summed E-state index contributed by atoms with van der Waals surface area (Å²) in [6.45, 7) is 2.67. The van der Waals surface area contributed by atoms with Crippen molar-refractivity contribution in [2.45, 2.75) is 38.8 Å². The molecule has 0 unspecified atom stereocenters. The van der Waals surface area contributed by atoms with Crippen LogP contribution < -0.4 is 14.8 Å². The van der Waals surface area contributed by atoms with Crippen molar-refractivity contribution < 1.29 is 27.0 Å². The van der Waals surface area contributed by atoms with Gasteiger partial charge in [-0.2, -0.15) is 8.78 Å². The van der Waals surface area contributed by atoms with E-state index in [-0.39, 0.29) is 12.6 Å². The molecule has 1 N–H and O–H groups in total. The van der Waals surface area contributed by atoms with Crippen molar-refractivity contribution in [1.82, 2.24) is 5.32 Å². The highest BCUT2D eigenvalue weighted by atomic mass is 19.3. The van der Waals surface area contributed by atoms with Gasteiger partial charge in [0.15, 0.2) is 11.5 Å². The van der Waals surface area contributed by atoms with E-state index in [1.165, 1.54) is 7.11 Å². The molecule has 0 aliphatic heterocycles. The molecule has 0 saturated heterocycles. The van der Waals surface area contributed by atoms with Gasteiger partial charge >= 0.3 is 12.3 Å². The van der Waals surface area contributed by atoms with Crippen LogP contribution in [0.3, 0.4) is 0 Å². The number of nitrogens with one attached hydrogen (secondary N) is 1. The molecule has 1 aromatic carbocycles. The molecule has 0 bridgehead atoms. The van der Waals surface area contributed by atoms with Crippen molar-refractivity contribution in [2.24, 2.45) is 0 Å². The average molecular weight is 309 g/mol. The first-order valence-electron chi connectivity index (χ1n) is 6.46. The van der Waals surface area contributed by atoms with Gasteiger partial charge in [-0.1, -0.05) is 6.07 Å². The second kappa shape index (κ2) is 7.49. The molecule has 0 aliphatic carbocycles. The number of halogens is 4. The molecule has 7 heteroatoms. The molecule has 3 nitrogen and oxygen atoms in total. The molecule has 0 heterocycles. The molecule has 0 spiro atoms. The number of ether oxygens (including phenoxy) is 2. The van der Waals surface area contributed by atoms with Crippen LogP contribution in [0.5, 0.6) is 11.5 Å². The van der Waals surface area contributed by atoms with E-state index in [0.29, 0.717) is 17.1 Å². The second-order valence-electron chi connectivity index (χ2n) is 4.82. The molecule has 0 radical (unpaired) electrons. The van der Waals surface area contributed by atoms with Crippen LogP contribution in [-0.4, -0.2) is 32.1 Å². The lowest BCUT2D eigenvalue weighted by Gasteiger charge is -2.17. The fourth-order valence-electron chi connectivity index (χ4n) is 1.62. The van der Waals surface area contributed by atoms with Gasteiger partial charge in [-0.15, -0.1) is 0 Å². The van der Waals surface area contributed by atoms with Gasteiger partial charge in [0.1, 0.15) is 0 Å². The summed E-state index contributed by atoms with van der Waals surface area (Å²) in [7, 11) is 1.46. The normalized spacial score (nSPS) is 12.0. The van der Waals surface area contributed by atoms with E-state index in [4.69, 9.17) is 9.47 Å². The Morgan fingerprint density at radius 1 is 1.19 bits per heavy atom. The molecule has 1 aromatic rings. The lowest BCUT2D eigenvalue weighted by molar-refractivity contribution is -0.125. The summed E-state index contributed by atoms with van der Waals surface area (Å²) in [6, 6.07) is 4.93. The zero-order valence-corrected chi connectivity index (χ0v) is 12.1. The zero-order chi connectivity index (χ0) is 16.0. The van der Waals surface area contributed by atoms with Crippen LogP contribution in [0.25, 0.3) is 0 Å². The molecule has 0 atom stereocenters. The zero-order valence-electron chi connectivity index (χ0n) is 12.1. The van der Waals surface area contributed by atoms with Gasteiger partial charge in [0.25, 0.3) is 0 Å². The average Bonchev–Trinajstić information content (AvgIpc) is 2.39. The van der Waals surface area contributed by atoms with Crippen LogP contribution in [0.1, 0.15) is 19.4 Å². The van der Waals surface area contributed by atoms with Crippen LogP contribution in [0.15, 0.2) is 18.2 Å². The van der Waals surface area contributed by atoms with Crippen molar-refractivity contribution in [1.29, 1.82) is 0 Å². The molecule has 0 aromatic heterocycles. The van der Waals surface area contributed by atoms with Crippen molar-refractivity contribution in [3.63, 3.8) is 0 Å². The van der Waals surface area contributed by atoms with Gasteiger partial charge in [0.2, 0.25) is 0 Å². The minimum atomic E-state index is -4.04. The van der Waals surface area contributed by atoms with Crippen molar-refractivity contribution in [3.8, 4) is 11.5 Å². The predicted octanol–water partition coefficient (Wildman–Crippen LogP) is 3.47. The SMILES string of the molecule is COc1cc(CNCC(F)(F)C(F)F)ccc1OC(C)C. The number of benzene rings is 1. The largest absolute Gasteiger partial charge is 0.493 e. The van der Waals surface area contributed by atoms with E-state index in [2.05, 4.69) is 5.32 Å². The highest BCUT2D eigenvalue weighted by molar-refractivity contribution is 5.43. The summed E-state index contributed by atoms with van der Waals surface area (Å²) in [5.74, 6) is -3.04. The molecule has 21 heavy (non-hydrogen) atoms. The maximum atomic E-state index is 12.7. The van der Waals surface area contributed by atoms with Crippen LogP contribution in [0, 0.1) is 0 Å². The summed E-state index contributed by atoms with van der Waals surface area (Å²) in [5.41, 5.74) is 0.632. The van der Waals surface area contributed by atoms with Gasteiger partial charge in [-0.25, -0.2) is 8.78 Å². The topological polar surface area (TPSA) is 30.5 Å². The molecular formula is C14H19F4NO2. The molecule has 1 rings (SSSR count). The molecule has 120 valence electrons. The van der Waals surface area contributed by atoms with Crippen LogP contribution in [0.2, 0.25) is 0 Å². The number of alkyl halides is 4. The van der Waals surface area contributed by atoms with Crippen molar-refractivity contribution >= 4 is 0 Å². The fourth-order valence-corrected chi connectivity index (χ4v) is 1.62. The number of rotatable bonds is 8. The summed E-state index contributed by atoms with van der Waals surface area (Å²) >= 11 is 0. The minimum Gasteiger partial charge on any atom is -0.493 e. The van der Waals surface area contributed by atoms with Crippen molar-refractivity contribution in [2.75, 3.05) is 13.7 Å². The Kier molecular flexibility index (Phi) is 6.26. The first-order valence-corrected chi connectivity index (χ1v) is 6.46. The Morgan fingerprint density at radius 2 is 1.86 bits per heavy atom. The van der Waals surface area contributed by atoms with E-state index in [9.17, 15) is 17.6 Å². The van der Waals surface area contributed by atoms with E-state index < -0.39 is 18.9 Å². The smallest absolute Gasteiger partial charge is 0.319 e. The predicted molar refractivity (Wildman–Crippen MR) is 71.4 cm³/mol. The van der Waals surface area contributed by atoms with Crippen LogP contribution in [-0.2, 0) is 6.54 Å². The first-order chi connectivity index (χ1) is 9.76. The lowest BCUT2D eigenvalue weighted by Crippen LogP contribution is -2.38. The van der Waals surface area contributed by atoms with Crippen LogP contribution in [0.4, 0.5) is 17.6 Å². The monoisotopic (exact) mass is 309 g/mol. The Balaban J connectivity index is 2.65. The Hall–Kier alpha value is -1.50. The van der Waals surface area contributed by atoms with Gasteiger partial charge in [0.05, 0.1) is 19.8 Å². The molecule has 0 aliphatic rings. The molecular weight excluding hydrogens is 290 g/mol. The quantitative estimate of drug-likeness (QED) is 0.746. The summed E-state index contributed by atoms with van der Waals surface area (Å²) in [4.78, 5) is 0. The highest BCUT2D eigenvalue weighted by Crippen LogP contribution is 2.29. The fraction of sp³-hybridized carbons (Fsp3) is 0.571. The van der Waals surface area contributed by atoms with E-state index in [1.54, 1.807) is 18.2 Å². The second-order valence-corrected chi connectivity index (χ2v) is 4.82. The third-order valence-corrected chi connectivity index (χ3v) is 2.60. The number of methoxy groups -OCH3 is 1. The number of hydrogen-bond acceptors (Lipinski definition) is 3. The minimum absolute atomic E-state index is 0.0284. The third kappa shape index (κ3) is 5.41. The van der Waals surface area contributed by atoms with Gasteiger partial charge < -0.3 is 14.8 Å². The Morgan fingerprint density at radius 3 is 2.38 bits per heavy atom. The van der Waals surface area contributed by atoms with Gasteiger partial charge in [-0.05, 0) is 31.5 Å². The van der Waals surface area contributed by atoms with E-state index in [1.807, 2.05) is 13.8 Å².